The summed E-state index contributed by atoms with van der Waals surface area (Å²) in [5, 5.41) is 4.63. The molecule has 140 valence electrons. The van der Waals surface area contributed by atoms with E-state index in [0.717, 1.165) is 31.6 Å². The van der Waals surface area contributed by atoms with E-state index >= 15 is 0 Å². The Hall–Kier alpha value is -2.89. The van der Waals surface area contributed by atoms with E-state index in [0.29, 0.717) is 17.1 Å². The molecular formula is C21H23FN4O. The second kappa shape index (κ2) is 7.39. The Kier molecular flexibility index (Phi) is 4.79. The zero-order valence-electron chi connectivity index (χ0n) is 15.4. The Morgan fingerprint density at radius 3 is 2.26 bits per heavy atom. The molecule has 1 amide bonds. The number of halogens is 1. The Morgan fingerprint density at radius 1 is 1.00 bits per heavy atom. The second-order valence-corrected chi connectivity index (χ2v) is 6.97. The first-order valence-electron chi connectivity index (χ1n) is 9.43. The molecule has 1 aliphatic heterocycles. The molecule has 0 aliphatic carbocycles. The van der Waals surface area contributed by atoms with Gasteiger partial charge in [0.15, 0.2) is 5.82 Å². The van der Waals surface area contributed by atoms with Crippen LogP contribution in [0, 0.1) is 12.7 Å². The Balaban J connectivity index is 1.83. The van der Waals surface area contributed by atoms with Crippen molar-refractivity contribution in [3.05, 3.63) is 65.9 Å². The van der Waals surface area contributed by atoms with E-state index in [1.54, 1.807) is 16.8 Å². The first-order chi connectivity index (χ1) is 13.1. The number of rotatable bonds is 3. The minimum atomic E-state index is -0.300. The van der Waals surface area contributed by atoms with E-state index in [1.165, 1.54) is 25.0 Å². The van der Waals surface area contributed by atoms with Gasteiger partial charge in [-0.15, -0.1) is 0 Å². The highest BCUT2D eigenvalue weighted by molar-refractivity contribution is 5.98. The highest BCUT2D eigenvalue weighted by Crippen LogP contribution is 2.25. The van der Waals surface area contributed by atoms with Crippen LogP contribution in [-0.4, -0.2) is 38.2 Å². The van der Waals surface area contributed by atoms with E-state index in [9.17, 15) is 9.18 Å². The maximum Gasteiger partial charge on any atom is 0.259 e. The van der Waals surface area contributed by atoms with Crippen molar-refractivity contribution in [2.24, 2.45) is 0 Å². The largest absolute Gasteiger partial charge is 0.338 e. The predicted molar refractivity (Wildman–Crippen MR) is 102 cm³/mol. The standard InChI is InChI=1S/C21H23FN4O/c1-16-19(21(27)25-14-4-2-3-5-15-25)20(24-12-6-7-13-24)26(23-16)18-10-8-17(22)9-11-18/h6-13H,2-5,14-15H2,1H3. The van der Waals surface area contributed by atoms with Crippen LogP contribution >= 0.6 is 0 Å². The van der Waals surface area contributed by atoms with Crippen molar-refractivity contribution in [2.45, 2.75) is 32.6 Å². The van der Waals surface area contributed by atoms with E-state index < -0.39 is 0 Å². The lowest BCUT2D eigenvalue weighted by molar-refractivity contribution is 0.0761. The van der Waals surface area contributed by atoms with Crippen LogP contribution < -0.4 is 0 Å². The summed E-state index contributed by atoms with van der Waals surface area (Å²) in [5.41, 5.74) is 2.01. The summed E-state index contributed by atoms with van der Waals surface area (Å²) < 4.78 is 17.0. The molecule has 0 spiro atoms. The second-order valence-electron chi connectivity index (χ2n) is 6.97. The maximum absolute atomic E-state index is 13.4. The van der Waals surface area contributed by atoms with Crippen molar-refractivity contribution >= 4 is 5.91 Å². The first kappa shape index (κ1) is 17.5. The van der Waals surface area contributed by atoms with Crippen molar-refractivity contribution in [1.82, 2.24) is 19.2 Å². The van der Waals surface area contributed by atoms with Crippen LogP contribution in [-0.2, 0) is 0 Å². The topological polar surface area (TPSA) is 43.1 Å². The van der Waals surface area contributed by atoms with E-state index in [2.05, 4.69) is 5.10 Å². The molecule has 1 aromatic carbocycles. The van der Waals surface area contributed by atoms with Gasteiger partial charge in [0.25, 0.3) is 5.91 Å². The van der Waals surface area contributed by atoms with Gasteiger partial charge >= 0.3 is 0 Å². The monoisotopic (exact) mass is 366 g/mol. The quantitative estimate of drug-likeness (QED) is 0.700. The molecule has 27 heavy (non-hydrogen) atoms. The SMILES string of the molecule is Cc1nn(-c2ccc(F)cc2)c(-n2cccc2)c1C(=O)N1CCCCCC1. The van der Waals surface area contributed by atoms with Gasteiger partial charge in [-0.1, -0.05) is 12.8 Å². The summed E-state index contributed by atoms with van der Waals surface area (Å²) >= 11 is 0. The predicted octanol–water partition coefficient (Wildman–Crippen LogP) is 4.13. The molecule has 0 saturated carbocycles. The van der Waals surface area contributed by atoms with Crippen LogP contribution in [0.3, 0.4) is 0 Å². The van der Waals surface area contributed by atoms with E-state index in [1.807, 2.05) is 40.9 Å². The molecule has 0 unspecified atom stereocenters. The van der Waals surface area contributed by atoms with Gasteiger partial charge in [0.1, 0.15) is 11.4 Å². The Morgan fingerprint density at radius 2 is 1.63 bits per heavy atom. The number of benzene rings is 1. The number of nitrogens with zero attached hydrogens (tertiary/aromatic N) is 4. The molecule has 6 heteroatoms. The molecule has 1 aliphatic rings. The summed E-state index contributed by atoms with van der Waals surface area (Å²) in [6.45, 7) is 3.42. The summed E-state index contributed by atoms with van der Waals surface area (Å²) in [7, 11) is 0. The van der Waals surface area contributed by atoms with Gasteiger partial charge in [0, 0.05) is 25.5 Å². The normalized spacial score (nSPS) is 15.0. The van der Waals surface area contributed by atoms with Gasteiger partial charge < -0.3 is 9.47 Å². The average molecular weight is 366 g/mol. The number of carbonyl (C=O) groups is 1. The van der Waals surface area contributed by atoms with Crippen LogP contribution in [0.4, 0.5) is 4.39 Å². The molecule has 5 nitrogen and oxygen atoms in total. The molecule has 0 N–H and O–H groups in total. The molecule has 2 aromatic heterocycles. The molecule has 0 radical (unpaired) electrons. The Bertz CT molecular complexity index is 920. The van der Waals surface area contributed by atoms with Gasteiger partial charge in [-0.3, -0.25) is 4.79 Å². The number of carbonyl (C=O) groups excluding carboxylic acids is 1. The molecule has 1 fully saturated rings. The summed E-state index contributed by atoms with van der Waals surface area (Å²) in [6.07, 6.45) is 8.21. The molecule has 3 aromatic rings. The lowest BCUT2D eigenvalue weighted by Gasteiger charge is -2.21. The van der Waals surface area contributed by atoms with Crippen LogP contribution in [0.1, 0.15) is 41.7 Å². The molecule has 1 saturated heterocycles. The first-order valence-corrected chi connectivity index (χ1v) is 9.43. The number of hydrogen-bond donors (Lipinski definition) is 0. The van der Waals surface area contributed by atoms with Gasteiger partial charge in [0.2, 0.25) is 0 Å². The van der Waals surface area contributed by atoms with Crippen LogP contribution in [0.25, 0.3) is 11.5 Å². The van der Waals surface area contributed by atoms with Crippen molar-refractivity contribution in [2.75, 3.05) is 13.1 Å². The number of amides is 1. The van der Waals surface area contributed by atoms with Crippen molar-refractivity contribution < 1.29 is 9.18 Å². The van der Waals surface area contributed by atoms with Crippen LogP contribution in [0.2, 0.25) is 0 Å². The fourth-order valence-electron chi connectivity index (χ4n) is 3.67. The van der Waals surface area contributed by atoms with E-state index in [4.69, 9.17) is 0 Å². The summed E-state index contributed by atoms with van der Waals surface area (Å²) in [4.78, 5) is 15.3. The zero-order valence-corrected chi connectivity index (χ0v) is 15.4. The van der Waals surface area contributed by atoms with Gasteiger partial charge in [-0.2, -0.15) is 5.10 Å². The van der Waals surface area contributed by atoms with Crippen molar-refractivity contribution in [1.29, 1.82) is 0 Å². The van der Waals surface area contributed by atoms with Crippen LogP contribution in [0.5, 0.6) is 0 Å². The average Bonchev–Trinajstić information content (AvgIpc) is 3.21. The fourth-order valence-corrected chi connectivity index (χ4v) is 3.67. The lowest BCUT2D eigenvalue weighted by Crippen LogP contribution is -2.32. The van der Waals surface area contributed by atoms with Crippen LogP contribution in [0.15, 0.2) is 48.8 Å². The van der Waals surface area contributed by atoms with Crippen molar-refractivity contribution in [3.63, 3.8) is 0 Å². The number of likely N-dealkylation sites (tertiary alicyclic amines) is 1. The third kappa shape index (κ3) is 3.39. The molecule has 0 bridgehead atoms. The minimum Gasteiger partial charge on any atom is -0.338 e. The number of aromatic nitrogens is 3. The highest BCUT2D eigenvalue weighted by Gasteiger charge is 2.27. The smallest absolute Gasteiger partial charge is 0.259 e. The van der Waals surface area contributed by atoms with Crippen molar-refractivity contribution in [3.8, 4) is 11.5 Å². The lowest BCUT2D eigenvalue weighted by atomic mass is 10.2. The highest BCUT2D eigenvalue weighted by atomic mass is 19.1. The maximum atomic E-state index is 13.4. The van der Waals surface area contributed by atoms with Gasteiger partial charge in [-0.05, 0) is 56.2 Å². The zero-order chi connectivity index (χ0) is 18.8. The molecule has 4 rings (SSSR count). The third-order valence-corrected chi connectivity index (χ3v) is 5.06. The van der Waals surface area contributed by atoms with Gasteiger partial charge in [-0.25, -0.2) is 9.07 Å². The summed E-state index contributed by atoms with van der Waals surface area (Å²) in [6, 6.07) is 9.99. The van der Waals surface area contributed by atoms with Gasteiger partial charge in [0.05, 0.1) is 11.4 Å². The Labute approximate surface area is 158 Å². The molecular weight excluding hydrogens is 343 g/mol. The molecule has 0 atom stereocenters. The fraction of sp³-hybridized carbons (Fsp3) is 0.333. The molecule has 3 heterocycles. The number of hydrogen-bond acceptors (Lipinski definition) is 2. The minimum absolute atomic E-state index is 0.0199. The third-order valence-electron chi connectivity index (χ3n) is 5.06. The van der Waals surface area contributed by atoms with E-state index in [-0.39, 0.29) is 11.7 Å². The summed E-state index contributed by atoms with van der Waals surface area (Å²) in [5.74, 6) is 0.413. The number of aryl methyl sites for hydroxylation is 1.